The molecule has 0 unspecified atom stereocenters. The number of ether oxygens (including phenoxy) is 1. The quantitative estimate of drug-likeness (QED) is 0.747. The van der Waals surface area contributed by atoms with E-state index >= 15 is 0 Å². The predicted octanol–water partition coefficient (Wildman–Crippen LogP) is 1.58. The van der Waals surface area contributed by atoms with Crippen LogP contribution >= 0.6 is 0 Å². The lowest BCUT2D eigenvalue weighted by Gasteiger charge is -1.95. The summed E-state index contributed by atoms with van der Waals surface area (Å²) in [4.78, 5) is 14.2. The molecule has 0 radical (unpaired) electrons. The minimum Gasteiger partial charge on any atom is -0.461 e. The lowest BCUT2D eigenvalue weighted by atomic mass is 10.2. The van der Waals surface area contributed by atoms with Crippen LogP contribution in [-0.4, -0.2) is 27.8 Å². The van der Waals surface area contributed by atoms with Gasteiger partial charge in [0, 0.05) is 18.0 Å². The second-order valence-electron chi connectivity index (χ2n) is 2.99. The zero-order chi connectivity index (χ0) is 10.7. The Morgan fingerprint density at radius 3 is 3.13 bits per heavy atom. The number of aromatic amines is 2. The molecule has 0 atom stereocenters. The van der Waals surface area contributed by atoms with Crippen LogP contribution in [0, 0.1) is 0 Å². The molecule has 2 aromatic heterocycles. The first-order chi connectivity index (χ1) is 7.31. The Kier molecular flexibility index (Phi) is 2.53. The van der Waals surface area contributed by atoms with Crippen LogP contribution in [0.15, 0.2) is 24.5 Å². The van der Waals surface area contributed by atoms with Gasteiger partial charge in [-0.05, 0) is 19.1 Å². The number of hydrogen-bond donors (Lipinski definition) is 2. The molecule has 5 heteroatoms. The fourth-order valence-electron chi connectivity index (χ4n) is 1.27. The van der Waals surface area contributed by atoms with Crippen molar-refractivity contribution in [3.05, 3.63) is 30.2 Å². The minimum absolute atomic E-state index is 0.358. The third-order valence-electron chi connectivity index (χ3n) is 1.97. The van der Waals surface area contributed by atoms with Crippen molar-refractivity contribution in [2.45, 2.75) is 6.92 Å². The maximum atomic E-state index is 11.3. The lowest BCUT2D eigenvalue weighted by molar-refractivity contribution is 0.0519. The van der Waals surface area contributed by atoms with E-state index in [4.69, 9.17) is 4.74 Å². The summed E-state index contributed by atoms with van der Waals surface area (Å²) in [6.45, 7) is 2.12. The maximum Gasteiger partial charge on any atom is 0.356 e. The molecule has 0 amide bonds. The average Bonchev–Trinajstić information content (AvgIpc) is 2.89. The Balaban J connectivity index is 2.21. The molecular weight excluding hydrogens is 194 g/mol. The van der Waals surface area contributed by atoms with Gasteiger partial charge in [0.05, 0.1) is 12.3 Å². The smallest absolute Gasteiger partial charge is 0.356 e. The molecule has 0 bridgehead atoms. The van der Waals surface area contributed by atoms with Crippen molar-refractivity contribution in [1.29, 1.82) is 0 Å². The van der Waals surface area contributed by atoms with Gasteiger partial charge in [0.15, 0.2) is 0 Å². The van der Waals surface area contributed by atoms with Crippen LogP contribution in [0.2, 0.25) is 0 Å². The van der Waals surface area contributed by atoms with Crippen LogP contribution in [-0.2, 0) is 4.74 Å². The third kappa shape index (κ3) is 1.90. The first-order valence-electron chi connectivity index (χ1n) is 4.67. The van der Waals surface area contributed by atoms with Crippen molar-refractivity contribution >= 4 is 5.97 Å². The molecule has 2 heterocycles. The molecular formula is C10H11N3O2. The zero-order valence-electron chi connectivity index (χ0n) is 8.28. The van der Waals surface area contributed by atoms with E-state index in [2.05, 4.69) is 15.2 Å². The van der Waals surface area contributed by atoms with E-state index in [0.717, 1.165) is 11.3 Å². The van der Waals surface area contributed by atoms with E-state index in [9.17, 15) is 4.79 Å². The highest BCUT2D eigenvalue weighted by Crippen LogP contribution is 2.16. The molecule has 2 rings (SSSR count). The summed E-state index contributed by atoms with van der Waals surface area (Å²) in [5, 5.41) is 6.66. The topological polar surface area (TPSA) is 70.8 Å². The Morgan fingerprint density at radius 2 is 2.47 bits per heavy atom. The van der Waals surface area contributed by atoms with E-state index < -0.39 is 0 Å². The van der Waals surface area contributed by atoms with Crippen molar-refractivity contribution in [2.75, 3.05) is 6.61 Å². The molecule has 0 saturated heterocycles. The van der Waals surface area contributed by atoms with Crippen molar-refractivity contribution < 1.29 is 9.53 Å². The molecule has 0 spiro atoms. The van der Waals surface area contributed by atoms with Gasteiger partial charge in [0.25, 0.3) is 0 Å². The highest BCUT2D eigenvalue weighted by Gasteiger charge is 2.11. The number of carbonyl (C=O) groups is 1. The van der Waals surface area contributed by atoms with E-state index in [1.165, 1.54) is 0 Å². The summed E-state index contributed by atoms with van der Waals surface area (Å²) in [7, 11) is 0. The van der Waals surface area contributed by atoms with Gasteiger partial charge in [-0.25, -0.2) is 4.79 Å². The van der Waals surface area contributed by atoms with Gasteiger partial charge in [-0.1, -0.05) is 0 Å². The molecule has 2 N–H and O–H groups in total. The van der Waals surface area contributed by atoms with Crippen LogP contribution in [0.25, 0.3) is 11.3 Å². The monoisotopic (exact) mass is 205 g/mol. The Hall–Kier alpha value is -2.04. The number of carbonyl (C=O) groups excluding carboxylic acids is 1. The van der Waals surface area contributed by atoms with Crippen molar-refractivity contribution in [3.63, 3.8) is 0 Å². The Morgan fingerprint density at radius 1 is 1.60 bits per heavy atom. The lowest BCUT2D eigenvalue weighted by Crippen LogP contribution is -2.04. The highest BCUT2D eigenvalue weighted by molar-refractivity contribution is 5.88. The average molecular weight is 205 g/mol. The molecule has 0 aliphatic heterocycles. The van der Waals surface area contributed by atoms with Gasteiger partial charge in [0.1, 0.15) is 5.69 Å². The standard InChI is InChI=1S/C10H11N3O2/c1-2-15-10(14)9-5-8(12-13-9)7-3-4-11-6-7/h3-6,11H,2H2,1H3,(H,12,13). The molecule has 2 aromatic rings. The number of nitrogens with zero attached hydrogens (tertiary/aromatic N) is 1. The van der Waals surface area contributed by atoms with Gasteiger partial charge in [-0.3, -0.25) is 5.10 Å². The van der Waals surface area contributed by atoms with Gasteiger partial charge >= 0.3 is 5.97 Å². The molecule has 0 aromatic carbocycles. The summed E-state index contributed by atoms with van der Waals surface area (Å²) in [6.07, 6.45) is 3.61. The number of esters is 1. The van der Waals surface area contributed by atoms with Crippen LogP contribution < -0.4 is 0 Å². The van der Waals surface area contributed by atoms with E-state index in [1.54, 1.807) is 19.2 Å². The highest BCUT2D eigenvalue weighted by atomic mass is 16.5. The van der Waals surface area contributed by atoms with E-state index in [-0.39, 0.29) is 5.97 Å². The number of nitrogens with one attached hydrogen (secondary N) is 2. The number of rotatable bonds is 3. The summed E-state index contributed by atoms with van der Waals surface area (Å²) in [5.74, 6) is -0.383. The molecule has 15 heavy (non-hydrogen) atoms. The fraction of sp³-hybridized carbons (Fsp3) is 0.200. The molecule has 5 nitrogen and oxygen atoms in total. The van der Waals surface area contributed by atoms with Crippen LogP contribution in [0.1, 0.15) is 17.4 Å². The fourth-order valence-corrected chi connectivity index (χ4v) is 1.27. The van der Waals surface area contributed by atoms with Crippen molar-refractivity contribution in [3.8, 4) is 11.3 Å². The molecule has 0 aliphatic carbocycles. The maximum absolute atomic E-state index is 11.3. The Labute approximate surface area is 86.5 Å². The van der Waals surface area contributed by atoms with E-state index in [0.29, 0.717) is 12.3 Å². The van der Waals surface area contributed by atoms with Gasteiger partial charge in [-0.15, -0.1) is 0 Å². The number of aromatic nitrogens is 3. The van der Waals surface area contributed by atoms with Gasteiger partial charge in [-0.2, -0.15) is 5.10 Å². The number of hydrogen-bond acceptors (Lipinski definition) is 3. The molecule has 0 fully saturated rings. The molecule has 78 valence electrons. The van der Waals surface area contributed by atoms with Crippen molar-refractivity contribution in [2.24, 2.45) is 0 Å². The first kappa shape index (κ1) is 9.51. The summed E-state index contributed by atoms with van der Waals surface area (Å²) in [6, 6.07) is 3.55. The van der Waals surface area contributed by atoms with Crippen LogP contribution in [0.5, 0.6) is 0 Å². The van der Waals surface area contributed by atoms with Crippen LogP contribution in [0.3, 0.4) is 0 Å². The molecule has 0 saturated carbocycles. The van der Waals surface area contributed by atoms with Crippen LogP contribution in [0.4, 0.5) is 0 Å². The van der Waals surface area contributed by atoms with Gasteiger partial charge < -0.3 is 9.72 Å². The normalized spacial score (nSPS) is 10.2. The second-order valence-corrected chi connectivity index (χ2v) is 2.99. The van der Waals surface area contributed by atoms with Gasteiger partial charge in [0.2, 0.25) is 0 Å². The third-order valence-corrected chi connectivity index (χ3v) is 1.97. The molecule has 0 aliphatic rings. The predicted molar refractivity (Wildman–Crippen MR) is 54.3 cm³/mol. The SMILES string of the molecule is CCOC(=O)c1cc(-c2cc[nH]c2)n[nH]1. The summed E-state index contributed by atoms with van der Waals surface area (Å²) >= 11 is 0. The Bertz CT molecular complexity index is 445. The van der Waals surface area contributed by atoms with E-state index in [1.807, 2.05) is 12.3 Å². The summed E-state index contributed by atoms with van der Waals surface area (Å²) in [5.41, 5.74) is 2.02. The number of H-pyrrole nitrogens is 2. The summed E-state index contributed by atoms with van der Waals surface area (Å²) < 4.78 is 4.84. The zero-order valence-corrected chi connectivity index (χ0v) is 8.28. The van der Waals surface area contributed by atoms with Crippen molar-refractivity contribution in [1.82, 2.24) is 15.2 Å². The first-order valence-corrected chi connectivity index (χ1v) is 4.67. The largest absolute Gasteiger partial charge is 0.461 e. The minimum atomic E-state index is -0.383. The second kappa shape index (κ2) is 4.00.